The lowest BCUT2D eigenvalue weighted by atomic mass is 9.85. The fourth-order valence-electron chi connectivity index (χ4n) is 2.96. The first-order valence-electron chi connectivity index (χ1n) is 7.28. The van der Waals surface area contributed by atoms with E-state index in [-0.39, 0.29) is 11.9 Å². The molecule has 1 aliphatic rings. The van der Waals surface area contributed by atoms with Crippen LogP contribution in [0.2, 0.25) is 0 Å². The van der Waals surface area contributed by atoms with Gasteiger partial charge in [-0.25, -0.2) is 0 Å². The van der Waals surface area contributed by atoms with Gasteiger partial charge in [-0.2, -0.15) is 4.98 Å². The summed E-state index contributed by atoms with van der Waals surface area (Å²) in [7, 11) is 1.69. The fourth-order valence-corrected chi connectivity index (χ4v) is 2.96. The zero-order valence-electron chi connectivity index (χ0n) is 12.0. The molecule has 2 aromatic heterocycles. The van der Waals surface area contributed by atoms with Crippen molar-refractivity contribution in [1.82, 2.24) is 15.1 Å². The van der Waals surface area contributed by atoms with Gasteiger partial charge in [0.15, 0.2) is 0 Å². The molecule has 0 bridgehead atoms. The fraction of sp³-hybridized carbons (Fsp3) is 0.533. The van der Waals surface area contributed by atoms with Gasteiger partial charge in [0, 0.05) is 13.3 Å². The highest BCUT2D eigenvalue weighted by Crippen LogP contribution is 2.36. The van der Waals surface area contributed by atoms with Crippen LogP contribution in [0, 0.1) is 5.92 Å². The van der Waals surface area contributed by atoms with Gasteiger partial charge in [0.05, 0.1) is 11.8 Å². The molecule has 2 heterocycles. The molecule has 1 aliphatic carbocycles. The Bertz CT molecular complexity index is 593. The Hall–Kier alpha value is -1.95. The molecule has 1 fully saturated rings. The second kappa shape index (κ2) is 6.22. The molecule has 0 amide bonds. The molecule has 0 aromatic carbocycles. The lowest BCUT2D eigenvalue weighted by Crippen LogP contribution is -2.19. The highest BCUT2D eigenvalue weighted by Gasteiger charge is 2.29. The van der Waals surface area contributed by atoms with E-state index in [0.717, 1.165) is 12.8 Å². The smallest absolute Gasteiger partial charge is 0.259 e. The molecule has 0 saturated heterocycles. The van der Waals surface area contributed by atoms with E-state index in [2.05, 4.69) is 15.1 Å². The van der Waals surface area contributed by atoms with E-state index in [1.807, 2.05) is 0 Å². The van der Waals surface area contributed by atoms with E-state index in [9.17, 15) is 5.11 Å². The number of aromatic hydroxyl groups is 1. The summed E-state index contributed by atoms with van der Waals surface area (Å²) in [5.74, 6) is 1.44. The van der Waals surface area contributed by atoms with Crippen LogP contribution >= 0.6 is 0 Å². The minimum absolute atomic E-state index is 0.0721. The standard InChI is InChI=1S/C15H19N3O3/c1-20-13(10-5-3-2-4-6-10)14-17-15(21-18-14)11-7-12(19)9-16-8-11/h7-10,13,19H,2-6H2,1H3. The van der Waals surface area contributed by atoms with Crippen molar-refractivity contribution in [3.05, 3.63) is 24.3 Å². The number of rotatable bonds is 4. The van der Waals surface area contributed by atoms with Crippen molar-refractivity contribution in [2.24, 2.45) is 5.92 Å². The number of hydrogen-bond donors (Lipinski definition) is 1. The van der Waals surface area contributed by atoms with Crippen molar-refractivity contribution in [3.8, 4) is 17.2 Å². The summed E-state index contributed by atoms with van der Waals surface area (Å²) in [5, 5.41) is 13.5. The van der Waals surface area contributed by atoms with E-state index in [0.29, 0.717) is 23.2 Å². The number of aromatic nitrogens is 3. The van der Waals surface area contributed by atoms with Crippen molar-refractivity contribution in [3.63, 3.8) is 0 Å². The van der Waals surface area contributed by atoms with Crippen LogP contribution in [0.5, 0.6) is 5.75 Å². The van der Waals surface area contributed by atoms with E-state index in [1.54, 1.807) is 19.4 Å². The van der Waals surface area contributed by atoms with E-state index < -0.39 is 0 Å². The van der Waals surface area contributed by atoms with Crippen molar-refractivity contribution in [2.45, 2.75) is 38.2 Å². The quantitative estimate of drug-likeness (QED) is 0.931. The highest BCUT2D eigenvalue weighted by atomic mass is 16.5. The van der Waals surface area contributed by atoms with E-state index >= 15 is 0 Å². The van der Waals surface area contributed by atoms with Gasteiger partial charge in [-0.1, -0.05) is 24.4 Å². The Morgan fingerprint density at radius 2 is 2.10 bits per heavy atom. The van der Waals surface area contributed by atoms with Gasteiger partial charge in [0.1, 0.15) is 11.9 Å². The van der Waals surface area contributed by atoms with Gasteiger partial charge in [-0.3, -0.25) is 4.98 Å². The molecule has 3 rings (SSSR count). The first-order valence-corrected chi connectivity index (χ1v) is 7.28. The maximum atomic E-state index is 9.46. The van der Waals surface area contributed by atoms with Gasteiger partial charge in [-0.15, -0.1) is 0 Å². The Morgan fingerprint density at radius 1 is 1.29 bits per heavy atom. The monoisotopic (exact) mass is 289 g/mol. The molecule has 21 heavy (non-hydrogen) atoms. The van der Waals surface area contributed by atoms with Crippen LogP contribution in [0.4, 0.5) is 0 Å². The predicted molar refractivity (Wildman–Crippen MR) is 75.5 cm³/mol. The summed E-state index contributed by atoms with van der Waals surface area (Å²) in [6.45, 7) is 0. The number of ether oxygens (including phenoxy) is 1. The first kappa shape index (κ1) is 14.0. The third-order valence-electron chi connectivity index (χ3n) is 4.00. The zero-order valence-corrected chi connectivity index (χ0v) is 12.0. The normalized spacial score (nSPS) is 17.8. The molecule has 6 heteroatoms. The molecule has 6 nitrogen and oxygen atoms in total. The summed E-state index contributed by atoms with van der Waals surface area (Å²) in [5.41, 5.74) is 0.604. The molecular weight excluding hydrogens is 270 g/mol. The third kappa shape index (κ3) is 3.05. The molecule has 0 spiro atoms. The molecule has 1 N–H and O–H groups in total. The molecule has 1 unspecified atom stereocenters. The molecular formula is C15H19N3O3. The Labute approximate surface area is 123 Å². The van der Waals surface area contributed by atoms with Crippen molar-refractivity contribution >= 4 is 0 Å². The van der Waals surface area contributed by atoms with Crippen LogP contribution in [0.25, 0.3) is 11.5 Å². The van der Waals surface area contributed by atoms with Crippen molar-refractivity contribution < 1.29 is 14.4 Å². The second-order valence-corrected chi connectivity index (χ2v) is 5.44. The first-order chi connectivity index (χ1) is 10.3. The summed E-state index contributed by atoms with van der Waals surface area (Å²) in [6.07, 6.45) is 8.83. The Morgan fingerprint density at radius 3 is 2.81 bits per heavy atom. The van der Waals surface area contributed by atoms with Crippen molar-refractivity contribution in [1.29, 1.82) is 0 Å². The van der Waals surface area contributed by atoms with Gasteiger partial charge < -0.3 is 14.4 Å². The van der Waals surface area contributed by atoms with Gasteiger partial charge in [0.2, 0.25) is 5.82 Å². The van der Waals surface area contributed by atoms with E-state index in [1.165, 1.54) is 25.5 Å². The molecule has 1 atom stereocenters. The average molecular weight is 289 g/mol. The van der Waals surface area contributed by atoms with Crippen LogP contribution in [0.1, 0.15) is 44.0 Å². The van der Waals surface area contributed by atoms with Crippen LogP contribution in [0.3, 0.4) is 0 Å². The maximum Gasteiger partial charge on any atom is 0.259 e. The lowest BCUT2D eigenvalue weighted by Gasteiger charge is -2.26. The predicted octanol–water partition coefficient (Wildman–Crippen LogP) is 3.11. The van der Waals surface area contributed by atoms with Crippen molar-refractivity contribution in [2.75, 3.05) is 7.11 Å². The van der Waals surface area contributed by atoms with Crippen LogP contribution in [-0.4, -0.2) is 27.3 Å². The molecule has 2 aromatic rings. The van der Waals surface area contributed by atoms with Crippen LogP contribution < -0.4 is 0 Å². The third-order valence-corrected chi connectivity index (χ3v) is 4.00. The zero-order chi connectivity index (χ0) is 14.7. The molecule has 0 radical (unpaired) electrons. The summed E-state index contributed by atoms with van der Waals surface area (Å²) >= 11 is 0. The summed E-state index contributed by atoms with van der Waals surface area (Å²) in [4.78, 5) is 8.33. The van der Waals surface area contributed by atoms with Gasteiger partial charge in [0.25, 0.3) is 5.89 Å². The highest BCUT2D eigenvalue weighted by molar-refractivity contribution is 5.53. The lowest BCUT2D eigenvalue weighted by molar-refractivity contribution is 0.0274. The molecule has 112 valence electrons. The minimum Gasteiger partial charge on any atom is -0.506 e. The van der Waals surface area contributed by atoms with E-state index in [4.69, 9.17) is 9.26 Å². The average Bonchev–Trinajstić information content (AvgIpc) is 2.99. The summed E-state index contributed by atoms with van der Waals surface area (Å²) < 4.78 is 10.9. The Kier molecular flexibility index (Phi) is 4.15. The van der Waals surface area contributed by atoms with Crippen LogP contribution in [0.15, 0.2) is 23.0 Å². The van der Waals surface area contributed by atoms with Gasteiger partial charge in [-0.05, 0) is 24.8 Å². The molecule has 1 saturated carbocycles. The number of methoxy groups -OCH3 is 1. The number of pyridine rings is 1. The maximum absolute atomic E-state index is 9.46. The second-order valence-electron chi connectivity index (χ2n) is 5.44. The molecule has 0 aliphatic heterocycles. The largest absolute Gasteiger partial charge is 0.506 e. The van der Waals surface area contributed by atoms with Crippen LogP contribution in [-0.2, 0) is 4.74 Å². The number of hydrogen-bond acceptors (Lipinski definition) is 6. The topological polar surface area (TPSA) is 81.3 Å². The minimum atomic E-state index is -0.131. The number of nitrogens with zero attached hydrogens (tertiary/aromatic N) is 3. The SMILES string of the molecule is COC(c1noc(-c2cncc(O)c2)n1)C1CCCCC1. The summed E-state index contributed by atoms with van der Waals surface area (Å²) in [6, 6.07) is 1.55. The van der Waals surface area contributed by atoms with Gasteiger partial charge >= 0.3 is 0 Å². The Balaban J connectivity index is 1.82.